The molecule has 86 valence electrons. The highest BCUT2D eigenvalue weighted by molar-refractivity contribution is 9.10. The van der Waals surface area contributed by atoms with Gasteiger partial charge in [0.25, 0.3) is 0 Å². The SMILES string of the molecule is C#CCOc1cc(Br)ccc1C(C)NCC. The molecule has 1 atom stereocenters. The quantitative estimate of drug-likeness (QED) is 0.838. The Morgan fingerprint density at radius 2 is 2.31 bits per heavy atom. The van der Waals surface area contributed by atoms with E-state index in [1.807, 2.05) is 18.2 Å². The minimum absolute atomic E-state index is 0.255. The second-order valence-corrected chi connectivity index (χ2v) is 4.37. The van der Waals surface area contributed by atoms with Crippen LogP contribution in [0.1, 0.15) is 25.5 Å². The van der Waals surface area contributed by atoms with Gasteiger partial charge in [0, 0.05) is 16.1 Å². The predicted molar refractivity (Wildman–Crippen MR) is 70.6 cm³/mol. The van der Waals surface area contributed by atoms with Crippen LogP contribution in [0.2, 0.25) is 0 Å². The van der Waals surface area contributed by atoms with Gasteiger partial charge in [0.1, 0.15) is 12.4 Å². The molecule has 1 aromatic rings. The van der Waals surface area contributed by atoms with Gasteiger partial charge < -0.3 is 10.1 Å². The van der Waals surface area contributed by atoms with E-state index in [1.165, 1.54) is 0 Å². The molecule has 1 N–H and O–H groups in total. The van der Waals surface area contributed by atoms with Crippen molar-refractivity contribution in [1.82, 2.24) is 5.32 Å². The van der Waals surface area contributed by atoms with E-state index in [1.54, 1.807) is 0 Å². The molecule has 0 bridgehead atoms. The molecule has 0 aliphatic rings. The number of hydrogen-bond acceptors (Lipinski definition) is 2. The summed E-state index contributed by atoms with van der Waals surface area (Å²) in [5.74, 6) is 3.31. The summed E-state index contributed by atoms with van der Waals surface area (Å²) < 4.78 is 6.52. The van der Waals surface area contributed by atoms with Crippen LogP contribution in [0.25, 0.3) is 0 Å². The lowest BCUT2D eigenvalue weighted by atomic mass is 10.1. The molecule has 16 heavy (non-hydrogen) atoms. The Balaban J connectivity index is 2.93. The molecule has 3 heteroatoms. The number of hydrogen-bond donors (Lipinski definition) is 1. The van der Waals surface area contributed by atoms with Crippen LogP contribution in [0.3, 0.4) is 0 Å². The zero-order valence-corrected chi connectivity index (χ0v) is 11.2. The highest BCUT2D eigenvalue weighted by atomic mass is 79.9. The number of rotatable bonds is 5. The van der Waals surface area contributed by atoms with Gasteiger partial charge in [0.15, 0.2) is 0 Å². The summed E-state index contributed by atoms with van der Waals surface area (Å²) in [5, 5.41) is 3.35. The molecule has 0 saturated heterocycles. The smallest absolute Gasteiger partial charge is 0.148 e. The van der Waals surface area contributed by atoms with Crippen LogP contribution in [-0.2, 0) is 0 Å². The second kappa shape index (κ2) is 6.57. The van der Waals surface area contributed by atoms with Crippen molar-refractivity contribution in [3.63, 3.8) is 0 Å². The summed E-state index contributed by atoms with van der Waals surface area (Å²) in [4.78, 5) is 0. The van der Waals surface area contributed by atoms with E-state index in [9.17, 15) is 0 Å². The third kappa shape index (κ3) is 3.55. The molecule has 0 saturated carbocycles. The summed E-state index contributed by atoms with van der Waals surface area (Å²) in [6.45, 7) is 5.40. The third-order valence-corrected chi connectivity index (χ3v) is 2.76. The Kier molecular flexibility index (Phi) is 5.37. The third-order valence-electron chi connectivity index (χ3n) is 2.26. The number of benzene rings is 1. The van der Waals surface area contributed by atoms with Crippen molar-refractivity contribution >= 4 is 15.9 Å². The molecule has 0 aliphatic carbocycles. The lowest BCUT2D eigenvalue weighted by Crippen LogP contribution is -2.18. The second-order valence-electron chi connectivity index (χ2n) is 3.45. The van der Waals surface area contributed by atoms with Crippen molar-refractivity contribution < 1.29 is 4.74 Å². The van der Waals surface area contributed by atoms with E-state index in [-0.39, 0.29) is 6.04 Å². The Labute approximate surface area is 106 Å². The molecule has 1 unspecified atom stereocenters. The van der Waals surface area contributed by atoms with Gasteiger partial charge in [0.2, 0.25) is 0 Å². The van der Waals surface area contributed by atoms with Crippen LogP contribution in [0.15, 0.2) is 22.7 Å². The molecule has 0 aliphatic heterocycles. The van der Waals surface area contributed by atoms with Gasteiger partial charge in [-0.2, -0.15) is 0 Å². The van der Waals surface area contributed by atoms with Crippen LogP contribution in [0, 0.1) is 12.3 Å². The van der Waals surface area contributed by atoms with Crippen LogP contribution < -0.4 is 10.1 Å². The molecule has 0 amide bonds. The van der Waals surface area contributed by atoms with Crippen molar-refractivity contribution in [2.24, 2.45) is 0 Å². The van der Waals surface area contributed by atoms with E-state index in [0.29, 0.717) is 6.61 Å². The topological polar surface area (TPSA) is 21.3 Å². The monoisotopic (exact) mass is 281 g/mol. The molecule has 0 aromatic heterocycles. The normalized spacial score (nSPS) is 11.9. The zero-order chi connectivity index (χ0) is 12.0. The fourth-order valence-corrected chi connectivity index (χ4v) is 1.87. The van der Waals surface area contributed by atoms with Crippen molar-refractivity contribution in [1.29, 1.82) is 0 Å². The van der Waals surface area contributed by atoms with Crippen molar-refractivity contribution in [3.05, 3.63) is 28.2 Å². The maximum Gasteiger partial charge on any atom is 0.148 e. The molecule has 0 fully saturated rings. The van der Waals surface area contributed by atoms with Gasteiger partial charge in [-0.25, -0.2) is 0 Å². The van der Waals surface area contributed by atoms with Crippen LogP contribution in [-0.4, -0.2) is 13.2 Å². The number of halogens is 1. The van der Waals surface area contributed by atoms with Crippen molar-refractivity contribution in [2.45, 2.75) is 19.9 Å². The Hall–Kier alpha value is -0.980. The van der Waals surface area contributed by atoms with E-state index in [0.717, 1.165) is 22.3 Å². The Morgan fingerprint density at radius 1 is 1.56 bits per heavy atom. The van der Waals surface area contributed by atoms with Crippen LogP contribution in [0.4, 0.5) is 0 Å². The first-order valence-electron chi connectivity index (χ1n) is 5.28. The molecule has 0 spiro atoms. The van der Waals surface area contributed by atoms with Crippen molar-refractivity contribution in [3.8, 4) is 18.1 Å². The van der Waals surface area contributed by atoms with Gasteiger partial charge in [-0.3, -0.25) is 0 Å². The first-order valence-corrected chi connectivity index (χ1v) is 6.07. The Bertz CT molecular complexity index is 384. The van der Waals surface area contributed by atoms with E-state index in [2.05, 4.69) is 41.0 Å². The Morgan fingerprint density at radius 3 is 2.94 bits per heavy atom. The standard InChI is InChI=1S/C13H16BrNO/c1-4-8-16-13-9-11(14)6-7-12(13)10(3)15-5-2/h1,6-7,9-10,15H,5,8H2,2-3H3. The molecular weight excluding hydrogens is 266 g/mol. The zero-order valence-electron chi connectivity index (χ0n) is 9.59. The minimum atomic E-state index is 0.255. The highest BCUT2D eigenvalue weighted by Gasteiger charge is 2.10. The maximum absolute atomic E-state index is 5.53. The van der Waals surface area contributed by atoms with Crippen LogP contribution >= 0.6 is 15.9 Å². The first kappa shape index (κ1) is 13.1. The fraction of sp³-hybridized carbons (Fsp3) is 0.385. The van der Waals surface area contributed by atoms with Gasteiger partial charge >= 0.3 is 0 Å². The number of terminal acetylenes is 1. The fourth-order valence-electron chi connectivity index (χ4n) is 1.53. The average Bonchev–Trinajstić information content (AvgIpc) is 2.26. The van der Waals surface area contributed by atoms with Gasteiger partial charge in [0.05, 0.1) is 0 Å². The van der Waals surface area contributed by atoms with Gasteiger partial charge in [-0.05, 0) is 25.6 Å². The molecular formula is C13H16BrNO. The molecule has 2 nitrogen and oxygen atoms in total. The largest absolute Gasteiger partial charge is 0.481 e. The molecule has 1 rings (SSSR count). The summed E-state index contributed by atoms with van der Waals surface area (Å²) >= 11 is 3.42. The maximum atomic E-state index is 5.53. The first-order chi connectivity index (χ1) is 7.69. The lowest BCUT2D eigenvalue weighted by Gasteiger charge is -2.17. The van der Waals surface area contributed by atoms with E-state index < -0.39 is 0 Å². The summed E-state index contributed by atoms with van der Waals surface area (Å²) in [6, 6.07) is 6.25. The minimum Gasteiger partial charge on any atom is -0.481 e. The van der Waals surface area contributed by atoms with Gasteiger partial charge in [-0.1, -0.05) is 34.8 Å². The molecule has 1 aromatic carbocycles. The van der Waals surface area contributed by atoms with Crippen LogP contribution in [0.5, 0.6) is 5.75 Å². The number of nitrogens with one attached hydrogen (secondary N) is 1. The van der Waals surface area contributed by atoms with E-state index >= 15 is 0 Å². The predicted octanol–water partition coefficient (Wildman–Crippen LogP) is 3.13. The highest BCUT2D eigenvalue weighted by Crippen LogP contribution is 2.28. The summed E-state index contributed by atoms with van der Waals surface area (Å²) in [7, 11) is 0. The van der Waals surface area contributed by atoms with Gasteiger partial charge in [-0.15, -0.1) is 6.42 Å². The van der Waals surface area contributed by atoms with E-state index in [4.69, 9.17) is 11.2 Å². The number of ether oxygens (including phenoxy) is 1. The summed E-state index contributed by atoms with van der Waals surface area (Å²) in [5.41, 5.74) is 1.13. The van der Waals surface area contributed by atoms with Crippen molar-refractivity contribution in [2.75, 3.05) is 13.2 Å². The molecule has 0 radical (unpaired) electrons. The average molecular weight is 282 g/mol. The lowest BCUT2D eigenvalue weighted by molar-refractivity contribution is 0.361. The molecule has 0 heterocycles. The summed E-state index contributed by atoms with van der Waals surface area (Å²) in [6.07, 6.45) is 5.20.